The van der Waals surface area contributed by atoms with Gasteiger partial charge in [-0.3, -0.25) is 4.79 Å². The van der Waals surface area contributed by atoms with Crippen LogP contribution in [0.4, 0.5) is 0 Å². The van der Waals surface area contributed by atoms with Crippen LogP contribution < -0.4 is 5.32 Å². The lowest BCUT2D eigenvalue weighted by Gasteiger charge is -2.29. The average molecular weight is 268 g/mol. The third-order valence-electron chi connectivity index (χ3n) is 3.80. The van der Waals surface area contributed by atoms with Gasteiger partial charge in [-0.1, -0.05) is 12.1 Å². The van der Waals surface area contributed by atoms with Crippen LogP contribution in [0.1, 0.15) is 11.6 Å². The second-order valence-electron chi connectivity index (χ2n) is 5.06. The van der Waals surface area contributed by atoms with Gasteiger partial charge in [0.25, 0.3) is 0 Å². The minimum atomic E-state index is -0.297. The highest BCUT2D eigenvalue weighted by atomic mass is 16.3. The fourth-order valence-electron chi connectivity index (χ4n) is 2.73. The molecule has 0 spiro atoms. The Labute approximate surface area is 117 Å². The standard InChI is InChI=1S/C16H16N2O2/c1-3-12-14(19)9-15(20)17-16(12)11-4-5-13-10(8-11)6-7-18(13)2/h3-9,12,16,19H,1H2,2H3,(H,17,20). The number of aliphatic hydroxyl groups excluding tert-OH is 1. The molecule has 1 aromatic carbocycles. The number of carbonyl (C=O) groups is 1. The Morgan fingerprint density at radius 1 is 1.40 bits per heavy atom. The molecule has 102 valence electrons. The molecule has 0 bridgehead atoms. The normalized spacial score (nSPS) is 22.4. The Morgan fingerprint density at radius 2 is 2.20 bits per heavy atom. The summed E-state index contributed by atoms with van der Waals surface area (Å²) in [6.45, 7) is 3.75. The van der Waals surface area contributed by atoms with E-state index in [4.69, 9.17) is 0 Å². The van der Waals surface area contributed by atoms with Gasteiger partial charge in [0.2, 0.25) is 5.91 Å². The van der Waals surface area contributed by atoms with Crippen molar-refractivity contribution in [1.82, 2.24) is 9.88 Å². The van der Waals surface area contributed by atoms with Crippen LogP contribution in [-0.4, -0.2) is 15.6 Å². The van der Waals surface area contributed by atoms with Gasteiger partial charge in [0.1, 0.15) is 5.76 Å². The van der Waals surface area contributed by atoms with E-state index in [9.17, 15) is 9.90 Å². The molecule has 2 aromatic rings. The number of benzene rings is 1. The van der Waals surface area contributed by atoms with Crippen LogP contribution in [0.15, 0.2) is 55.0 Å². The summed E-state index contributed by atoms with van der Waals surface area (Å²) >= 11 is 0. The molecule has 2 unspecified atom stereocenters. The second kappa shape index (κ2) is 4.56. The molecule has 2 heterocycles. The number of nitrogens with zero attached hydrogens (tertiary/aromatic N) is 1. The van der Waals surface area contributed by atoms with Crippen molar-refractivity contribution in [1.29, 1.82) is 0 Å². The quantitative estimate of drug-likeness (QED) is 0.823. The van der Waals surface area contributed by atoms with E-state index in [2.05, 4.69) is 11.9 Å². The zero-order chi connectivity index (χ0) is 14.3. The molecular weight excluding hydrogens is 252 g/mol. The first-order valence-electron chi connectivity index (χ1n) is 6.49. The molecule has 3 rings (SSSR count). The van der Waals surface area contributed by atoms with Gasteiger partial charge in [-0.15, -0.1) is 6.58 Å². The first kappa shape index (κ1) is 12.5. The van der Waals surface area contributed by atoms with Crippen LogP contribution in [0, 0.1) is 5.92 Å². The first-order valence-corrected chi connectivity index (χ1v) is 6.49. The average Bonchev–Trinajstić information content (AvgIpc) is 2.79. The Morgan fingerprint density at radius 3 is 2.95 bits per heavy atom. The lowest BCUT2D eigenvalue weighted by atomic mass is 9.88. The Hall–Kier alpha value is -2.49. The highest BCUT2D eigenvalue weighted by Gasteiger charge is 2.30. The molecule has 2 atom stereocenters. The zero-order valence-electron chi connectivity index (χ0n) is 11.2. The molecule has 0 saturated heterocycles. The van der Waals surface area contributed by atoms with Crippen molar-refractivity contribution >= 4 is 16.8 Å². The summed E-state index contributed by atoms with van der Waals surface area (Å²) in [7, 11) is 1.99. The smallest absolute Gasteiger partial charge is 0.247 e. The summed E-state index contributed by atoms with van der Waals surface area (Å²) in [5, 5.41) is 13.9. The molecule has 4 nitrogen and oxygen atoms in total. The Balaban J connectivity index is 2.07. The maximum absolute atomic E-state index is 11.6. The van der Waals surface area contributed by atoms with Gasteiger partial charge in [-0.25, -0.2) is 0 Å². The molecule has 0 fully saturated rings. The van der Waals surface area contributed by atoms with E-state index in [-0.39, 0.29) is 23.6 Å². The maximum atomic E-state index is 11.6. The van der Waals surface area contributed by atoms with Crippen molar-refractivity contribution in [2.45, 2.75) is 6.04 Å². The Bertz CT molecular complexity index is 727. The van der Waals surface area contributed by atoms with Crippen LogP contribution in [0.25, 0.3) is 10.9 Å². The number of nitrogens with one attached hydrogen (secondary N) is 1. The van der Waals surface area contributed by atoms with Gasteiger partial charge < -0.3 is 15.0 Å². The summed E-state index contributed by atoms with van der Waals surface area (Å²) in [6.07, 6.45) is 4.87. The predicted octanol–water partition coefficient (Wildman–Crippen LogP) is 2.59. The van der Waals surface area contributed by atoms with E-state index in [0.29, 0.717) is 0 Å². The monoisotopic (exact) mass is 268 g/mol. The van der Waals surface area contributed by atoms with Crippen molar-refractivity contribution in [2.24, 2.45) is 13.0 Å². The number of carbonyl (C=O) groups excluding carboxylic acids is 1. The van der Waals surface area contributed by atoms with Crippen molar-refractivity contribution in [2.75, 3.05) is 0 Å². The van der Waals surface area contributed by atoms with Gasteiger partial charge in [-0.05, 0) is 29.1 Å². The number of rotatable bonds is 2. The number of aromatic nitrogens is 1. The number of aryl methyl sites for hydroxylation is 1. The molecule has 1 aliphatic heterocycles. The molecule has 1 aliphatic rings. The van der Waals surface area contributed by atoms with E-state index in [1.165, 1.54) is 6.08 Å². The van der Waals surface area contributed by atoms with Crippen LogP contribution in [-0.2, 0) is 11.8 Å². The number of fused-ring (bicyclic) bond motifs is 1. The van der Waals surface area contributed by atoms with Crippen molar-refractivity contribution in [3.05, 3.63) is 60.5 Å². The van der Waals surface area contributed by atoms with Crippen molar-refractivity contribution in [3.8, 4) is 0 Å². The number of aliphatic hydroxyl groups is 1. The third-order valence-corrected chi connectivity index (χ3v) is 3.80. The number of amides is 1. The molecule has 0 saturated carbocycles. The SMILES string of the molecule is C=CC1C(O)=CC(=O)NC1c1ccc2c(ccn2C)c1. The summed E-state index contributed by atoms with van der Waals surface area (Å²) in [4.78, 5) is 11.6. The summed E-state index contributed by atoms with van der Waals surface area (Å²) in [5.41, 5.74) is 2.09. The van der Waals surface area contributed by atoms with Gasteiger partial charge in [0.05, 0.1) is 12.0 Å². The molecule has 0 radical (unpaired) electrons. The largest absolute Gasteiger partial charge is 0.511 e. The van der Waals surface area contributed by atoms with E-state index in [0.717, 1.165) is 16.5 Å². The lowest BCUT2D eigenvalue weighted by Crippen LogP contribution is -2.36. The van der Waals surface area contributed by atoms with Gasteiger partial charge in [-0.2, -0.15) is 0 Å². The molecule has 1 aromatic heterocycles. The first-order chi connectivity index (χ1) is 9.60. The van der Waals surface area contributed by atoms with E-state index in [1.54, 1.807) is 6.08 Å². The predicted molar refractivity (Wildman–Crippen MR) is 78.2 cm³/mol. The van der Waals surface area contributed by atoms with Gasteiger partial charge in [0.15, 0.2) is 0 Å². The fraction of sp³-hybridized carbons (Fsp3) is 0.188. The van der Waals surface area contributed by atoms with E-state index >= 15 is 0 Å². The molecule has 2 N–H and O–H groups in total. The Kier molecular flexibility index (Phi) is 2.86. The van der Waals surface area contributed by atoms with Crippen LogP contribution in [0.5, 0.6) is 0 Å². The number of hydrogen-bond donors (Lipinski definition) is 2. The topological polar surface area (TPSA) is 54.3 Å². The zero-order valence-corrected chi connectivity index (χ0v) is 11.2. The van der Waals surface area contributed by atoms with Crippen LogP contribution >= 0.6 is 0 Å². The third kappa shape index (κ3) is 1.90. The highest BCUT2D eigenvalue weighted by molar-refractivity contribution is 5.90. The summed E-state index contributed by atoms with van der Waals surface area (Å²) in [6, 6.07) is 7.78. The van der Waals surface area contributed by atoms with Crippen LogP contribution in [0.2, 0.25) is 0 Å². The highest BCUT2D eigenvalue weighted by Crippen LogP contribution is 2.32. The molecule has 0 aliphatic carbocycles. The van der Waals surface area contributed by atoms with Gasteiger partial charge in [0, 0.05) is 24.8 Å². The minimum Gasteiger partial charge on any atom is -0.511 e. The minimum absolute atomic E-state index is 0.0573. The summed E-state index contributed by atoms with van der Waals surface area (Å²) < 4.78 is 2.04. The van der Waals surface area contributed by atoms with Crippen molar-refractivity contribution < 1.29 is 9.90 Å². The molecule has 1 amide bonds. The van der Waals surface area contributed by atoms with Gasteiger partial charge >= 0.3 is 0 Å². The van der Waals surface area contributed by atoms with Crippen molar-refractivity contribution in [3.63, 3.8) is 0 Å². The van der Waals surface area contributed by atoms with E-state index < -0.39 is 0 Å². The fourth-order valence-corrected chi connectivity index (χ4v) is 2.73. The second-order valence-corrected chi connectivity index (χ2v) is 5.06. The number of hydrogen-bond acceptors (Lipinski definition) is 2. The summed E-state index contributed by atoms with van der Waals surface area (Å²) in [5.74, 6) is -0.519. The molecule has 20 heavy (non-hydrogen) atoms. The van der Waals surface area contributed by atoms with E-state index in [1.807, 2.05) is 42.1 Å². The molecular formula is C16H16N2O2. The lowest BCUT2D eigenvalue weighted by molar-refractivity contribution is -0.118. The maximum Gasteiger partial charge on any atom is 0.247 e. The molecule has 4 heteroatoms. The van der Waals surface area contributed by atoms with Crippen LogP contribution in [0.3, 0.4) is 0 Å².